The molecule has 1 aliphatic rings. The number of rotatable bonds is 5. The lowest BCUT2D eigenvalue weighted by Crippen LogP contribution is -2.40. The number of aromatic nitrogens is 2. The van der Waals surface area contributed by atoms with Crippen LogP contribution in [0, 0.1) is 19.8 Å². The highest BCUT2D eigenvalue weighted by Gasteiger charge is 2.27. The summed E-state index contributed by atoms with van der Waals surface area (Å²) in [6, 6.07) is 7.59. The van der Waals surface area contributed by atoms with Crippen LogP contribution in [0.5, 0.6) is 0 Å². The van der Waals surface area contributed by atoms with Crippen molar-refractivity contribution in [3.63, 3.8) is 0 Å². The lowest BCUT2D eigenvalue weighted by atomic mass is 9.88. The molecular formula is C21H25N3O4. The van der Waals surface area contributed by atoms with Gasteiger partial charge >= 0.3 is 5.69 Å². The normalized spacial score (nSPS) is 14.9. The zero-order chi connectivity index (χ0) is 20.3. The van der Waals surface area contributed by atoms with Gasteiger partial charge in [0.05, 0.1) is 0 Å². The summed E-state index contributed by atoms with van der Waals surface area (Å²) in [5.74, 6) is 0.0461. The van der Waals surface area contributed by atoms with E-state index in [2.05, 4.69) is 9.97 Å². The number of aryl methyl sites for hydroxylation is 2. The van der Waals surface area contributed by atoms with Gasteiger partial charge in [-0.2, -0.15) is 0 Å². The second-order valence-electron chi connectivity index (χ2n) is 7.40. The monoisotopic (exact) mass is 383 g/mol. The number of aromatic amines is 2. The van der Waals surface area contributed by atoms with E-state index < -0.39 is 11.2 Å². The number of hydrogen-bond acceptors (Lipinski definition) is 4. The minimum absolute atomic E-state index is 0.0359. The number of hydrogen-bond donors (Lipinski definition) is 2. The van der Waals surface area contributed by atoms with Crippen molar-refractivity contribution in [3.05, 3.63) is 67.5 Å². The van der Waals surface area contributed by atoms with Crippen molar-refractivity contribution in [3.8, 4) is 0 Å². The minimum Gasteiger partial charge on any atom is -0.343 e. The summed E-state index contributed by atoms with van der Waals surface area (Å²) in [5.41, 5.74) is 1.77. The molecule has 1 amide bonds. The smallest absolute Gasteiger partial charge is 0.325 e. The zero-order valence-electron chi connectivity index (χ0n) is 16.2. The molecule has 0 saturated carbocycles. The summed E-state index contributed by atoms with van der Waals surface area (Å²) in [4.78, 5) is 54.8. The third-order valence-electron chi connectivity index (χ3n) is 5.40. The van der Waals surface area contributed by atoms with E-state index in [9.17, 15) is 19.2 Å². The van der Waals surface area contributed by atoms with Crippen molar-refractivity contribution in [2.24, 2.45) is 5.92 Å². The SMILES string of the molecule is Cc1ccc(C(=O)C2CCN(C(=O)CCc3c(C)[nH]c(=O)[nH]c3=O)CC2)cc1. The van der Waals surface area contributed by atoms with Gasteiger partial charge in [0.25, 0.3) is 5.56 Å². The number of amides is 1. The first kappa shape index (κ1) is 19.8. The molecule has 3 rings (SSSR count). The Bertz CT molecular complexity index is 980. The Hall–Kier alpha value is -2.96. The summed E-state index contributed by atoms with van der Waals surface area (Å²) in [6.07, 6.45) is 1.78. The number of H-pyrrole nitrogens is 2. The molecule has 1 aromatic carbocycles. The molecule has 0 aliphatic carbocycles. The van der Waals surface area contributed by atoms with Crippen LogP contribution in [0.2, 0.25) is 0 Å². The first-order valence-electron chi connectivity index (χ1n) is 9.56. The maximum Gasteiger partial charge on any atom is 0.325 e. The van der Waals surface area contributed by atoms with Gasteiger partial charge in [-0.1, -0.05) is 29.8 Å². The Morgan fingerprint density at radius 1 is 1.04 bits per heavy atom. The van der Waals surface area contributed by atoms with Crippen molar-refractivity contribution in [1.29, 1.82) is 0 Å². The molecule has 1 saturated heterocycles. The Labute approximate surface area is 162 Å². The van der Waals surface area contributed by atoms with Crippen LogP contribution >= 0.6 is 0 Å². The van der Waals surface area contributed by atoms with Crippen molar-refractivity contribution in [2.45, 2.75) is 39.5 Å². The number of piperidine rings is 1. The van der Waals surface area contributed by atoms with Gasteiger partial charge in [-0.15, -0.1) is 0 Å². The average Bonchev–Trinajstić information content (AvgIpc) is 2.67. The van der Waals surface area contributed by atoms with E-state index >= 15 is 0 Å². The standard InChI is InChI=1S/C21H25N3O4/c1-13-3-5-15(6-4-13)19(26)16-9-11-24(12-10-16)18(25)8-7-17-14(2)22-21(28)23-20(17)27/h3-6,16H,7-12H2,1-2H3,(H2,22,23,27,28). The van der Waals surface area contributed by atoms with Gasteiger partial charge in [0.2, 0.25) is 5.91 Å². The van der Waals surface area contributed by atoms with Crippen LogP contribution < -0.4 is 11.2 Å². The van der Waals surface area contributed by atoms with Crippen LogP contribution in [0.25, 0.3) is 0 Å². The second-order valence-corrected chi connectivity index (χ2v) is 7.40. The number of benzene rings is 1. The molecule has 0 spiro atoms. The molecule has 1 fully saturated rings. The summed E-state index contributed by atoms with van der Waals surface area (Å²) >= 11 is 0. The first-order chi connectivity index (χ1) is 13.3. The molecule has 2 aromatic rings. The van der Waals surface area contributed by atoms with Crippen LogP contribution in [0.1, 0.15) is 46.4 Å². The van der Waals surface area contributed by atoms with Gasteiger partial charge in [0, 0.05) is 42.2 Å². The van der Waals surface area contributed by atoms with E-state index in [0.29, 0.717) is 37.2 Å². The zero-order valence-corrected chi connectivity index (χ0v) is 16.2. The van der Waals surface area contributed by atoms with E-state index in [1.165, 1.54) is 0 Å². The topological polar surface area (TPSA) is 103 Å². The Morgan fingerprint density at radius 3 is 2.29 bits per heavy atom. The summed E-state index contributed by atoms with van der Waals surface area (Å²) < 4.78 is 0. The third-order valence-corrected chi connectivity index (χ3v) is 5.40. The number of likely N-dealkylation sites (tertiary alicyclic amines) is 1. The highest BCUT2D eigenvalue weighted by molar-refractivity contribution is 5.98. The van der Waals surface area contributed by atoms with Gasteiger partial charge < -0.3 is 9.88 Å². The molecule has 0 radical (unpaired) electrons. The largest absolute Gasteiger partial charge is 0.343 e. The lowest BCUT2D eigenvalue weighted by Gasteiger charge is -2.31. The summed E-state index contributed by atoms with van der Waals surface area (Å²) in [7, 11) is 0. The molecule has 2 N–H and O–H groups in total. The Kier molecular flexibility index (Phi) is 5.92. The van der Waals surface area contributed by atoms with E-state index in [4.69, 9.17) is 0 Å². The fourth-order valence-electron chi connectivity index (χ4n) is 3.66. The molecule has 7 nitrogen and oxygen atoms in total. The molecule has 1 aromatic heterocycles. The maximum atomic E-state index is 12.6. The number of carbonyl (C=O) groups excluding carboxylic acids is 2. The van der Waals surface area contributed by atoms with Crippen LogP contribution in [0.4, 0.5) is 0 Å². The van der Waals surface area contributed by atoms with Gasteiger partial charge in [0.15, 0.2) is 5.78 Å². The fourth-order valence-corrected chi connectivity index (χ4v) is 3.66. The number of nitrogens with one attached hydrogen (secondary N) is 2. The molecule has 0 bridgehead atoms. The molecular weight excluding hydrogens is 358 g/mol. The number of nitrogens with zero attached hydrogens (tertiary/aromatic N) is 1. The van der Waals surface area contributed by atoms with Crippen molar-refractivity contribution < 1.29 is 9.59 Å². The van der Waals surface area contributed by atoms with Crippen molar-refractivity contribution >= 4 is 11.7 Å². The van der Waals surface area contributed by atoms with Gasteiger partial charge in [-0.3, -0.25) is 19.4 Å². The maximum absolute atomic E-state index is 12.6. The molecule has 0 atom stereocenters. The van der Waals surface area contributed by atoms with Crippen LogP contribution in [-0.2, 0) is 11.2 Å². The Balaban J connectivity index is 1.54. The molecule has 28 heavy (non-hydrogen) atoms. The van der Waals surface area contributed by atoms with Gasteiger partial charge in [-0.25, -0.2) is 4.79 Å². The van der Waals surface area contributed by atoms with E-state index in [1.807, 2.05) is 31.2 Å². The summed E-state index contributed by atoms with van der Waals surface area (Å²) in [6.45, 7) is 4.73. The summed E-state index contributed by atoms with van der Waals surface area (Å²) in [5, 5.41) is 0. The predicted octanol–water partition coefficient (Wildman–Crippen LogP) is 1.73. The van der Waals surface area contributed by atoms with E-state index in [1.54, 1.807) is 11.8 Å². The molecule has 7 heteroatoms. The number of ketones is 1. The first-order valence-corrected chi connectivity index (χ1v) is 9.56. The molecule has 2 heterocycles. The average molecular weight is 383 g/mol. The van der Waals surface area contributed by atoms with Crippen LogP contribution in [-0.4, -0.2) is 39.6 Å². The predicted molar refractivity (Wildman–Crippen MR) is 106 cm³/mol. The van der Waals surface area contributed by atoms with Gasteiger partial charge in [0.1, 0.15) is 0 Å². The highest BCUT2D eigenvalue weighted by atomic mass is 16.2. The third kappa shape index (κ3) is 4.47. The highest BCUT2D eigenvalue weighted by Crippen LogP contribution is 2.22. The molecule has 0 unspecified atom stereocenters. The van der Waals surface area contributed by atoms with E-state index in [-0.39, 0.29) is 30.4 Å². The Morgan fingerprint density at radius 2 is 1.68 bits per heavy atom. The molecule has 1 aliphatic heterocycles. The number of Topliss-reactive ketones (excluding diaryl/α,β-unsaturated/α-hetero) is 1. The lowest BCUT2D eigenvalue weighted by molar-refractivity contribution is -0.132. The minimum atomic E-state index is -0.544. The van der Waals surface area contributed by atoms with Crippen LogP contribution in [0.15, 0.2) is 33.9 Å². The second kappa shape index (κ2) is 8.37. The quantitative estimate of drug-likeness (QED) is 0.768. The van der Waals surface area contributed by atoms with Crippen molar-refractivity contribution in [1.82, 2.24) is 14.9 Å². The fraction of sp³-hybridized carbons (Fsp3) is 0.429. The number of carbonyl (C=O) groups is 2. The van der Waals surface area contributed by atoms with Crippen molar-refractivity contribution in [2.75, 3.05) is 13.1 Å². The van der Waals surface area contributed by atoms with E-state index in [0.717, 1.165) is 11.1 Å². The molecule has 148 valence electrons. The van der Waals surface area contributed by atoms with Gasteiger partial charge in [-0.05, 0) is 33.1 Å². The van der Waals surface area contributed by atoms with Crippen LogP contribution in [0.3, 0.4) is 0 Å².